The second kappa shape index (κ2) is 5.16. The van der Waals surface area contributed by atoms with Crippen LogP contribution in [0.4, 0.5) is 4.39 Å². The Balaban J connectivity index is 2.03. The van der Waals surface area contributed by atoms with E-state index in [-0.39, 0.29) is 18.1 Å². The maximum absolute atomic E-state index is 12.7. The Labute approximate surface area is 104 Å². The highest BCUT2D eigenvalue weighted by Gasteiger charge is 2.33. The molecule has 2 rings (SSSR count). The molecular formula is C13H14FNO3. The highest BCUT2D eigenvalue weighted by Crippen LogP contribution is 2.19. The quantitative estimate of drug-likeness (QED) is 0.884. The van der Waals surface area contributed by atoms with Crippen LogP contribution in [0.25, 0.3) is 0 Å². The van der Waals surface area contributed by atoms with Gasteiger partial charge >= 0.3 is 5.97 Å². The third-order valence-electron chi connectivity index (χ3n) is 3.13. The maximum Gasteiger partial charge on any atom is 0.326 e. The van der Waals surface area contributed by atoms with Crippen molar-refractivity contribution in [1.29, 1.82) is 0 Å². The number of nitrogens with zero attached hydrogens (tertiary/aromatic N) is 1. The van der Waals surface area contributed by atoms with Gasteiger partial charge in [0, 0.05) is 6.54 Å². The van der Waals surface area contributed by atoms with E-state index in [0.717, 1.165) is 0 Å². The van der Waals surface area contributed by atoms with E-state index < -0.39 is 12.0 Å². The van der Waals surface area contributed by atoms with Gasteiger partial charge in [0.05, 0.1) is 6.42 Å². The number of hydrogen-bond acceptors (Lipinski definition) is 2. The number of likely N-dealkylation sites (tertiary alicyclic amines) is 1. The fourth-order valence-electron chi connectivity index (χ4n) is 2.20. The van der Waals surface area contributed by atoms with Gasteiger partial charge in [-0.3, -0.25) is 4.79 Å². The molecule has 0 saturated carbocycles. The number of carboxylic acid groups (broad SMARTS) is 1. The third-order valence-corrected chi connectivity index (χ3v) is 3.13. The molecule has 4 nitrogen and oxygen atoms in total. The molecule has 1 amide bonds. The first-order chi connectivity index (χ1) is 8.58. The molecule has 1 aromatic rings. The lowest BCUT2D eigenvalue weighted by molar-refractivity contribution is -0.148. The molecule has 0 unspecified atom stereocenters. The number of carboxylic acids is 1. The van der Waals surface area contributed by atoms with E-state index in [2.05, 4.69) is 0 Å². The van der Waals surface area contributed by atoms with Crippen molar-refractivity contribution in [3.63, 3.8) is 0 Å². The number of halogens is 1. The maximum atomic E-state index is 12.7. The SMILES string of the molecule is O=C(O)[C@H]1CCCN1C(=O)Cc1ccc(F)cc1. The van der Waals surface area contributed by atoms with Gasteiger partial charge < -0.3 is 10.0 Å². The van der Waals surface area contributed by atoms with Crippen molar-refractivity contribution in [2.75, 3.05) is 6.54 Å². The minimum atomic E-state index is -0.958. The Hall–Kier alpha value is -1.91. The lowest BCUT2D eigenvalue weighted by Crippen LogP contribution is -2.41. The number of hydrogen-bond donors (Lipinski definition) is 1. The first-order valence-electron chi connectivity index (χ1n) is 5.84. The number of aliphatic carboxylic acids is 1. The average Bonchev–Trinajstić information content (AvgIpc) is 2.81. The second-order valence-corrected chi connectivity index (χ2v) is 4.39. The Morgan fingerprint density at radius 2 is 2.00 bits per heavy atom. The summed E-state index contributed by atoms with van der Waals surface area (Å²) in [5.74, 6) is -1.53. The van der Waals surface area contributed by atoms with Crippen LogP contribution in [0, 0.1) is 5.82 Å². The van der Waals surface area contributed by atoms with Crippen molar-refractivity contribution in [2.45, 2.75) is 25.3 Å². The Morgan fingerprint density at radius 3 is 2.61 bits per heavy atom. The molecule has 1 fully saturated rings. The van der Waals surface area contributed by atoms with Crippen molar-refractivity contribution >= 4 is 11.9 Å². The van der Waals surface area contributed by atoms with Gasteiger partial charge in [-0.2, -0.15) is 0 Å². The summed E-state index contributed by atoms with van der Waals surface area (Å²) in [5.41, 5.74) is 0.692. The van der Waals surface area contributed by atoms with E-state index in [4.69, 9.17) is 5.11 Å². The summed E-state index contributed by atoms with van der Waals surface area (Å²) in [6.45, 7) is 0.483. The van der Waals surface area contributed by atoms with Crippen LogP contribution >= 0.6 is 0 Å². The number of carbonyl (C=O) groups is 2. The highest BCUT2D eigenvalue weighted by molar-refractivity contribution is 5.85. The molecule has 1 atom stereocenters. The van der Waals surface area contributed by atoms with Crippen LogP contribution < -0.4 is 0 Å². The lowest BCUT2D eigenvalue weighted by Gasteiger charge is -2.21. The van der Waals surface area contributed by atoms with Gasteiger partial charge in [-0.05, 0) is 30.5 Å². The van der Waals surface area contributed by atoms with Crippen molar-refractivity contribution in [1.82, 2.24) is 4.90 Å². The van der Waals surface area contributed by atoms with E-state index in [9.17, 15) is 14.0 Å². The largest absolute Gasteiger partial charge is 0.480 e. The second-order valence-electron chi connectivity index (χ2n) is 4.39. The molecule has 1 aliphatic rings. The Bertz CT molecular complexity index is 458. The summed E-state index contributed by atoms with van der Waals surface area (Å²) >= 11 is 0. The van der Waals surface area contributed by atoms with Gasteiger partial charge in [0.25, 0.3) is 0 Å². The van der Waals surface area contributed by atoms with E-state index >= 15 is 0 Å². The fraction of sp³-hybridized carbons (Fsp3) is 0.385. The molecule has 1 saturated heterocycles. The predicted octanol–water partition coefficient (Wildman–Crippen LogP) is 1.44. The van der Waals surface area contributed by atoms with Gasteiger partial charge in [-0.25, -0.2) is 9.18 Å². The number of benzene rings is 1. The summed E-state index contributed by atoms with van der Waals surface area (Å²) in [5, 5.41) is 8.99. The number of rotatable bonds is 3. The topological polar surface area (TPSA) is 57.6 Å². The normalized spacial score (nSPS) is 18.9. The van der Waals surface area contributed by atoms with Crippen LogP contribution in [0.1, 0.15) is 18.4 Å². The molecule has 5 heteroatoms. The molecule has 0 radical (unpaired) electrons. The van der Waals surface area contributed by atoms with Crippen LogP contribution in [0.3, 0.4) is 0 Å². The van der Waals surface area contributed by atoms with E-state index in [0.29, 0.717) is 24.9 Å². The number of amides is 1. The molecule has 0 bridgehead atoms. The average molecular weight is 251 g/mol. The predicted molar refractivity (Wildman–Crippen MR) is 62.5 cm³/mol. The fourth-order valence-corrected chi connectivity index (χ4v) is 2.20. The standard InChI is InChI=1S/C13H14FNO3/c14-10-5-3-9(4-6-10)8-12(16)15-7-1-2-11(15)13(17)18/h3-6,11H,1-2,7-8H2,(H,17,18)/t11-/m1/s1. The minimum absolute atomic E-state index is 0.115. The van der Waals surface area contributed by atoms with Crippen molar-refractivity contribution in [2.24, 2.45) is 0 Å². The van der Waals surface area contributed by atoms with Gasteiger partial charge in [-0.15, -0.1) is 0 Å². The Kier molecular flexibility index (Phi) is 3.60. The van der Waals surface area contributed by atoms with Gasteiger partial charge in [-0.1, -0.05) is 12.1 Å². The molecule has 1 N–H and O–H groups in total. The number of carbonyl (C=O) groups excluding carboxylic acids is 1. The van der Waals surface area contributed by atoms with Crippen LogP contribution in [-0.2, 0) is 16.0 Å². The molecule has 96 valence electrons. The Morgan fingerprint density at radius 1 is 1.33 bits per heavy atom. The molecule has 0 spiro atoms. The lowest BCUT2D eigenvalue weighted by atomic mass is 10.1. The zero-order chi connectivity index (χ0) is 13.1. The summed E-state index contributed by atoms with van der Waals surface area (Å²) in [4.78, 5) is 24.3. The zero-order valence-corrected chi connectivity index (χ0v) is 9.80. The summed E-state index contributed by atoms with van der Waals surface area (Å²) in [6.07, 6.45) is 1.33. The summed E-state index contributed by atoms with van der Waals surface area (Å²) < 4.78 is 12.7. The van der Waals surface area contributed by atoms with Gasteiger partial charge in [0.2, 0.25) is 5.91 Å². The van der Waals surface area contributed by atoms with E-state index in [1.54, 1.807) is 12.1 Å². The first-order valence-corrected chi connectivity index (χ1v) is 5.84. The van der Waals surface area contributed by atoms with Crippen molar-refractivity contribution in [3.05, 3.63) is 35.6 Å². The molecule has 18 heavy (non-hydrogen) atoms. The highest BCUT2D eigenvalue weighted by atomic mass is 19.1. The molecule has 1 aliphatic heterocycles. The zero-order valence-electron chi connectivity index (χ0n) is 9.80. The monoisotopic (exact) mass is 251 g/mol. The van der Waals surface area contributed by atoms with Crippen molar-refractivity contribution < 1.29 is 19.1 Å². The molecular weight excluding hydrogens is 237 g/mol. The summed E-state index contributed by atoms with van der Waals surface area (Å²) in [6, 6.07) is 4.96. The first kappa shape index (κ1) is 12.5. The smallest absolute Gasteiger partial charge is 0.326 e. The van der Waals surface area contributed by atoms with E-state index in [1.807, 2.05) is 0 Å². The van der Waals surface area contributed by atoms with Gasteiger partial charge in [0.15, 0.2) is 0 Å². The van der Waals surface area contributed by atoms with Crippen LogP contribution in [-0.4, -0.2) is 34.5 Å². The van der Waals surface area contributed by atoms with Crippen LogP contribution in [0.15, 0.2) is 24.3 Å². The van der Waals surface area contributed by atoms with E-state index in [1.165, 1.54) is 17.0 Å². The third kappa shape index (κ3) is 2.67. The summed E-state index contributed by atoms with van der Waals surface area (Å²) in [7, 11) is 0. The molecule has 0 aliphatic carbocycles. The molecule has 0 aromatic heterocycles. The molecule has 1 aromatic carbocycles. The minimum Gasteiger partial charge on any atom is -0.480 e. The van der Waals surface area contributed by atoms with Crippen molar-refractivity contribution in [3.8, 4) is 0 Å². The van der Waals surface area contributed by atoms with Gasteiger partial charge in [0.1, 0.15) is 11.9 Å². The van der Waals surface area contributed by atoms with Crippen LogP contribution in [0.5, 0.6) is 0 Å². The van der Waals surface area contributed by atoms with Crippen LogP contribution in [0.2, 0.25) is 0 Å². The molecule has 1 heterocycles.